The van der Waals surface area contributed by atoms with Crippen molar-refractivity contribution in [2.24, 2.45) is 5.41 Å². The minimum Gasteiger partial charge on any atom is -0.0649 e. The van der Waals surface area contributed by atoms with Gasteiger partial charge in [-0.05, 0) is 29.9 Å². The molecule has 0 heterocycles. The normalized spacial score (nSPS) is 10.5. The van der Waals surface area contributed by atoms with Gasteiger partial charge in [-0.15, -0.1) is 0 Å². The summed E-state index contributed by atoms with van der Waals surface area (Å²) in [5, 5.41) is 0. The molecule has 0 aliphatic heterocycles. The van der Waals surface area contributed by atoms with Gasteiger partial charge in [-0.3, -0.25) is 0 Å². The number of aryl methyl sites for hydroxylation is 2. The van der Waals surface area contributed by atoms with E-state index in [1.54, 1.807) is 0 Å². The average Bonchev–Trinajstić information content (AvgIpc) is 2.18. The Kier molecular flexibility index (Phi) is 6.31. The Morgan fingerprint density at radius 2 is 1.47 bits per heavy atom. The lowest BCUT2D eigenvalue weighted by Crippen LogP contribution is -2.00. The summed E-state index contributed by atoms with van der Waals surface area (Å²) in [6, 6.07) is 8.49. The van der Waals surface area contributed by atoms with Crippen molar-refractivity contribution in [2.75, 3.05) is 0 Å². The predicted octanol–water partition coefficient (Wildman–Crippen LogP) is 5.00. The van der Waals surface area contributed by atoms with Crippen LogP contribution in [0.4, 0.5) is 0 Å². The highest BCUT2D eigenvalue weighted by atomic mass is 14.1. The summed E-state index contributed by atoms with van der Waals surface area (Å²) in [5.74, 6) is 0. The van der Waals surface area contributed by atoms with Crippen LogP contribution in [0.2, 0.25) is 0 Å². The van der Waals surface area contributed by atoms with Gasteiger partial charge in [0, 0.05) is 0 Å². The maximum atomic E-state index is 2.24. The van der Waals surface area contributed by atoms with E-state index in [1.807, 2.05) is 0 Å². The molecule has 0 radical (unpaired) electrons. The van der Waals surface area contributed by atoms with Crippen LogP contribution in [0.3, 0.4) is 0 Å². The minimum absolute atomic E-state index is 0.542. The second-order valence-corrected chi connectivity index (χ2v) is 5.19. The predicted molar refractivity (Wildman–Crippen MR) is 70.3 cm³/mol. The third-order valence-corrected chi connectivity index (χ3v) is 2.70. The molecule has 0 atom stereocenters. The SMILES string of the molecule is CCC(C)(C)C.CCc1ccccc1C. The maximum absolute atomic E-state index is 2.24. The van der Waals surface area contributed by atoms with Crippen LogP contribution >= 0.6 is 0 Å². The van der Waals surface area contributed by atoms with Crippen LogP contribution < -0.4 is 0 Å². The van der Waals surface area contributed by atoms with E-state index in [-0.39, 0.29) is 0 Å². The van der Waals surface area contributed by atoms with Gasteiger partial charge in [-0.1, -0.05) is 65.3 Å². The van der Waals surface area contributed by atoms with Crippen molar-refractivity contribution in [2.45, 2.75) is 54.4 Å². The molecule has 1 aromatic carbocycles. The summed E-state index contributed by atoms with van der Waals surface area (Å²) in [4.78, 5) is 0. The van der Waals surface area contributed by atoms with Crippen LogP contribution in [-0.2, 0) is 6.42 Å². The Morgan fingerprint density at radius 3 is 1.73 bits per heavy atom. The fourth-order valence-corrected chi connectivity index (χ4v) is 1.01. The third-order valence-electron chi connectivity index (χ3n) is 2.70. The first-order valence-corrected chi connectivity index (χ1v) is 5.95. The molecule has 0 amide bonds. The van der Waals surface area contributed by atoms with Gasteiger partial charge in [0.1, 0.15) is 0 Å². The molecule has 0 N–H and O–H groups in total. The molecular formula is C15H26. The first kappa shape index (κ1) is 14.2. The molecule has 0 saturated carbocycles. The summed E-state index contributed by atoms with van der Waals surface area (Å²) >= 11 is 0. The summed E-state index contributed by atoms with van der Waals surface area (Å²) in [5.41, 5.74) is 3.40. The lowest BCUT2D eigenvalue weighted by atomic mass is 9.94. The molecule has 86 valence electrons. The van der Waals surface area contributed by atoms with Gasteiger partial charge in [-0.25, -0.2) is 0 Å². The van der Waals surface area contributed by atoms with Crippen LogP contribution in [0, 0.1) is 12.3 Å². The van der Waals surface area contributed by atoms with Crippen molar-refractivity contribution in [3.8, 4) is 0 Å². The number of hydrogen-bond acceptors (Lipinski definition) is 0. The van der Waals surface area contributed by atoms with Crippen molar-refractivity contribution in [3.63, 3.8) is 0 Å². The fourth-order valence-electron chi connectivity index (χ4n) is 1.01. The first-order valence-electron chi connectivity index (χ1n) is 5.95. The van der Waals surface area contributed by atoms with Crippen molar-refractivity contribution in [3.05, 3.63) is 35.4 Å². The molecule has 1 rings (SSSR count). The minimum atomic E-state index is 0.542. The standard InChI is InChI=1S/C9H12.C6H14/c1-3-9-7-5-4-6-8(9)2;1-5-6(2,3)4/h4-7H,3H2,1-2H3;5H2,1-4H3. The molecule has 0 bridgehead atoms. The third kappa shape index (κ3) is 7.18. The van der Waals surface area contributed by atoms with Crippen molar-refractivity contribution >= 4 is 0 Å². The van der Waals surface area contributed by atoms with Gasteiger partial charge in [0.25, 0.3) is 0 Å². The molecule has 0 nitrogen and oxygen atoms in total. The molecule has 0 unspecified atom stereocenters. The molecule has 0 aliphatic rings. The smallest absolute Gasteiger partial charge is 0.0305 e. The van der Waals surface area contributed by atoms with Gasteiger partial charge in [0.05, 0.1) is 0 Å². The molecule has 15 heavy (non-hydrogen) atoms. The topological polar surface area (TPSA) is 0 Å². The second kappa shape index (κ2) is 6.66. The second-order valence-electron chi connectivity index (χ2n) is 5.19. The van der Waals surface area contributed by atoms with E-state index in [2.05, 4.69) is 65.8 Å². The Hall–Kier alpha value is -0.780. The van der Waals surface area contributed by atoms with E-state index in [9.17, 15) is 0 Å². The van der Waals surface area contributed by atoms with Crippen LogP contribution in [0.25, 0.3) is 0 Å². The zero-order chi connectivity index (χ0) is 11.9. The molecule has 0 aliphatic carbocycles. The van der Waals surface area contributed by atoms with Gasteiger partial charge >= 0.3 is 0 Å². The Bertz CT molecular complexity index is 266. The Morgan fingerprint density at radius 1 is 1.00 bits per heavy atom. The molecule has 0 fully saturated rings. The van der Waals surface area contributed by atoms with E-state index in [0.29, 0.717) is 5.41 Å². The van der Waals surface area contributed by atoms with E-state index in [4.69, 9.17) is 0 Å². The summed E-state index contributed by atoms with van der Waals surface area (Å²) in [6.45, 7) is 13.3. The quantitative estimate of drug-likeness (QED) is 0.606. The maximum Gasteiger partial charge on any atom is -0.0305 e. The highest BCUT2D eigenvalue weighted by molar-refractivity contribution is 5.24. The summed E-state index contributed by atoms with van der Waals surface area (Å²) in [7, 11) is 0. The highest BCUT2D eigenvalue weighted by Crippen LogP contribution is 2.16. The van der Waals surface area contributed by atoms with E-state index in [0.717, 1.165) is 6.42 Å². The number of benzene rings is 1. The van der Waals surface area contributed by atoms with Crippen molar-refractivity contribution < 1.29 is 0 Å². The monoisotopic (exact) mass is 206 g/mol. The first-order chi connectivity index (χ1) is 6.90. The molecular weight excluding hydrogens is 180 g/mol. The van der Waals surface area contributed by atoms with Gasteiger partial charge < -0.3 is 0 Å². The summed E-state index contributed by atoms with van der Waals surface area (Å²) in [6.07, 6.45) is 2.42. The number of rotatable bonds is 1. The molecule has 0 spiro atoms. The van der Waals surface area contributed by atoms with Crippen LogP contribution in [0.15, 0.2) is 24.3 Å². The van der Waals surface area contributed by atoms with Crippen molar-refractivity contribution in [1.29, 1.82) is 0 Å². The molecule has 0 heteroatoms. The Labute approximate surface area is 95.7 Å². The summed E-state index contributed by atoms with van der Waals surface area (Å²) < 4.78 is 0. The number of hydrogen-bond donors (Lipinski definition) is 0. The largest absolute Gasteiger partial charge is 0.0649 e. The van der Waals surface area contributed by atoms with Crippen LogP contribution in [-0.4, -0.2) is 0 Å². The lowest BCUT2D eigenvalue weighted by molar-refractivity contribution is 0.398. The van der Waals surface area contributed by atoms with Gasteiger partial charge in [0.2, 0.25) is 0 Å². The zero-order valence-corrected chi connectivity index (χ0v) is 11.2. The van der Waals surface area contributed by atoms with Crippen LogP contribution in [0.5, 0.6) is 0 Å². The average molecular weight is 206 g/mol. The van der Waals surface area contributed by atoms with Gasteiger partial charge in [0.15, 0.2) is 0 Å². The zero-order valence-electron chi connectivity index (χ0n) is 11.2. The Balaban J connectivity index is 0.000000288. The highest BCUT2D eigenvalue weighted by Gasteiger charge is 2.03. The van der Waals surface area contributed by atoms with E-state index in [1.165, 1.54) is 17.5 Å². The molecule has 1 aromatic rings. The van der Waals surface area contributed by atoms with E-state index < -0.39 is 0 Å². The molecule has 0 aromatic heterocycles. The fraction of sp³-hybridized carbons (Fsp3) is 0.600. The lowest BCUT2D eigenvalue weighted by Gasteiger charge is -2.12. The van der Waals surface area contributed by atoms with E-state index >= 15 is 0 Å². The van der Waals surface area contributed by atoms with Crippen LogP contribution in [0.1, 0.15) is 52.2 Å². The van der Waals surface area contributed by atoms with Gasteiger partial charge in [-0.2, -0.15) is 0 Å². The van der Waals surface area contributed by atoms with Crippen molar-refractivity contribution in [1.82, 2.24) is 0 Å². The molecule has 0 saturated heterocycles.